The van der Waals surface area contributed by atoms with Gasteiger partial charge in [0.2, 0.25) is 0 Å². The maximum atomic E-state index is 16.4. The van der Waals surface area contributed by atoms with Crippen LogP contribution < -0.4 is 10.2 Å². The fraction of sp³-hybridized carbons (Fsp3) is 0.429. The number of anilines is 2. The number of carbonyl (C=O) groups is 2. The van der Waals surface area contributed by atoms with Crippen LogP contribution in [0, 0.1) is 17.5 Å². The third-order valence-electron chi connectivity index (χ3n) is 7.27. The van der Waals surface area contributed by atoms with Crippen molar-refractivity contribution in [3.05, 3.63) is 69.8 Å². The van der Waals surface area contributed by atoms with Crippen LogP contribution in [0.25, 0.3) is 0 Å². The highest BCUT2D eigenvalue weighted by molar-refractivity contribution is 6.30. The predicted molar refractivity (Wildman–Crippen MR) is 147 cm³/mol. The highest BCUT2D eigenvalue weighted by Gasteiger charge is 2.47. The van der Waals surface area contributed by atoms with Gasteiger partial charge in [-0.25, -0.2) is 22.9 Å². The van der Waals surface area contributed by atoms with Gasteiger partial charge in [0.1, 0.15) is 11.4 Å². The van der Waals surface area contributed by atoms with Crippen molar-refractivity contribution >= 4 is 35.2 Å². The maximum Gasteiger partial charge on any atom is 0.410 e. The molecule has 0 radical (unpaired) electrons. The number of ether oxygens (including phenoxy) is 1. The van der Waals surface area contributed by atoms with Crippen LogP contribution in [-0.2, 0) is 17.2 Å². The van der Waals surface area contributed by atoms with Gasteiger partial charge in [-0.2, -0.15) is 5.10 Å². The molecule has 2 aliphatic heterocycles. The van der Waals surface area contributed by atoms with Crippen molar-refractivity contribution in [1.29, 1.82) is 0 Å². The minimum Gasteiger partial charge on any atom is -0.444 e. The van der Waals surface area contributed by atoms with Gasteiger partial charge < -0.3 is 15.0 Å². The normalized spacial score (nSPS) is 20.8. The molecule has 2 atom stereocenters. The molecule has 3 aromatic rings. The third kappa shape index (κ3) is 5.20. The highest BCUT2D eigenvalue weighted by atomic mass is 35.5. The Morgan fingerprint density at radius 1 is 1.22 bits per heavy atom. The first-order valence-corrected chi connectivity index (χ1v) is 13.5. The number of nitrogens with zero attached hydrogens (tertiary/aromatic N) is 5. The van der Waals surface area contributed by atoms with E-state index in [0.717, 1.165) is 11.1 Å². The SMILES string of the molecule is Cn1cc(F)c(N2CC(C)(c3cccc(Cl)c3F)c3c(cnc(N[C@@H]4CCN(C(=O)OC(C)(C)C)C4)c3F)C2=O)n1. The van der Waals surface area contributed by atoms with Crippen molar-refractivity contribution in [2.45, 2.75) is 51.2 Å². The average molecular weight is 591 g/mol. The average Bonchev–Trinajstić information content (AvgIpc) is 3.49. The molecular formula is C28H30ClF3N6O3. The van der Waals surface area contributed by atoms with E-state index >= 15 is 8.78 Å². The summed E-state index contributed by atoms with van der Waals surface area (Å²) in [4.78, 5) is 32.8. The lowest BCUT2D eigenvalue weighted by Crippen LogP contribution is -2.50. The summed E-state index contributed by atoms with van der Waals surface area (Å²) in [7, 11) is 1.50. The Balaban J connectivity index is 1.55. The Labute approximate surface area is 240 Å². The molecular weight excluding hydrogens is 561 g/mol. The van der Waals surface area contributed by atoms with Gasteiger partial charge in [-0.15, -0.1) is 0 Å². The molecule has 0 aliphatic carbocycles. The molecule has 0 bridgehead atoms. The number of amides is 2. The van der Waals surface area contributed by atoms with Crippen molar-refractivity contribution in [3.8, 4) is 0 Å². The molecule has 0 spiro atoms. The number of likely N-dealkylation sites (tertiary alicyclic amines) is 1. The number of halogens is 4. The fourth-order valence-corrected chi connectivity index (χ4v) is 5.59. The Morgan fingerprint density at radius 2 is 1.95 bits per heavy atom. The van der Waals surface area contributed by atoms with Gasteiger partial charge in [-0.05, 0) is 40.2 Å². The highest BCUT2D eigenvalue weighted by Crippen LogP contribution is 2.45. The van der Waals surface area contributed by atoms with Gasteiger partial charge >= 0.3 is 6.09 Å². The van der Waals surface area contributed by atoms with E-state index in [1.54, 1.807) is 27.7 Å². The second-order valence-electron chi connectivity index (χ2n) is 11.6. The second kappa shape index (κ2) is 10.2. The first-order chi connectivity index (χ1) is 19.2. The number of carbonyl (C=O) groups excluding carboxylic acids is 2. The number of aromatic nitrogens is 3. The van der Waals surface area contributed by atoms with Crippen LogP contribution in [0.2, 0.25) is 5.02 Å². The Bertz CT molecular complexity index is 1540. The van der Waals surface area contributed by atoms with E-state index in [2.05, 4.69) is 15.4 Å². The van der Waals surface area contributed by atoms with Gasteiger partial charge in [0.25, 0.3) is 5.91 Å². The lowest BCUT2D eigenvalue weighted by Gasteiger charge is -2.41. The number of nitrogens with one attached hydrogen (secondary N) is 1. The fourth-order valence-electron chi connectivity index (χ4n) is 5.42. The van der Waals surface area contributed by atoms with Gasteiger partial charge in [0.15, 0.2) is 23.3 Å². The standard InChI is InChI=1S/C28H30ClF3N6O3/c1-27(2,3)41-26(40)37-10-9-15(12-37)34-23-22(32)20-16(11-33-23)25(39)38(24-19(30)13-36(5)35-24)14-28(20,4)17-7-6-8-18(29)21(17)31/h6-8,11,13,15H,9-10,12,14H2,1-5H3,(H,33,34)/t15-,28?/m1/s1. The first kappa shape index (κ1) is 28.7. The van der Waals surface area contributed by atoms with Crippen molar-refractivity contribution < 1.29 is 27.5 Å². The zero-order chi connectivity index (χ0) is 29.9. The number of benzene rings is 1. The summed E-state index contributed by atoms with van der Waals surface area (Å²) in [5, 5.41) is 6.92. The summed E-state index contributed by atoms with van der Waals surface area (Å²) in [6.45, 7) is 7.20. The Hall–Kier alpha value is -3.80. The smallest absolute Gasteiger partial charge is 0.410 e. The molecule has 218 valence electrons. The summed E-state index contributed by atoms with van der Waals surface area (Å²) in [6.07, 6.45) is 2.32. The van der Waals surface area contributed by atoms with Crippen LogP contribution >= 0.6 is 11.6 Å². The lowest BCUT2D eigenvalue weighted by molar-refractivity contribution is 0.0293. The minimum absolute atomic E-state index is 0.0214. The zero-order valence-corrected chi connectivity index (χ0v) is 24.0. The van der Waals surface area contributed by atoms with Crippen LogP contribution in [-0.4, -0.2) is 62.9 Å². The molecule has 2 amide bonds. The molecule has 1 aromatic carbocycles. The van der Waals surface area contributed by atoms with E-state index in [9.17, 15) is 14.0 Å². The third-order valence-corrected chi connectivity index (χ3v) is 7.56. The zero-order valence-electron chi connectivity index (χ0n) is 23.3. The molecule has 2 aliphatic rings. The molecule has 1 saturated heterocycles. The monoisotopic (exact) mass is 590 g/mol. The van der Waals surface area contributed by atoms with Crippen molar-refractivity contribution in [2.75, 3.05) is 29.9 Å². The molecule has 5 rings (SSSR count). The van der Waals surface area contributed by atoms with E-state index in [-0.39, 0.29) is 52.5 Å². The second-order valence-corrected chi connectivity index (χ2v) is 12.0. The Morgan fingerprint density at radius 3 is 2.61 bits per heavy atom. The van der Waals surface area contributed by atoms with Gasteiger partial charge in [-0.1, -0.05) is 23.7 Å². The molecule has 41 heavy (non-hydrogen) atoms. The van der Waals surface area contributed by atoms with E-state index in [1.165, 1.54) is 41.0 Å². The van der Waals surface area contributed by atoms with E-state index < -0.39 is 40.5 Å². The van der Waals surface area contributed by atoms with E-state index in [4.69, 9.17) is 16.3 Å². The summed E-state index contributed by atoms with van der Waals surface area (Å²) in [6, 6.07) is 3.99. The predicted octanol–water partition coefficient (Wildman–Crippen LogP) is 5.27. The van der Waals surface area contributed by atoms with Crippen molar-refractivity contribution in [1.82, 2.24) is 19.7 Å². The topological polar surface area (TPSA) is 92.6 Å². The first-order valence-electron chi connectivity index (χ1n) is 13.1. The van der Waals surface area contributed by atoms with Crippen LogP contribution in [0.3, 0.4) is 0 Å². The molecule has 9 nitrogen and oxygen atoms in total. The molecule has 1 unspecified atom stereocenters. The molecule has 4 heterocycles. The summed E-state index contributed by atoms with van der Waals surface area (Å²) >= 11 is 6.10. The number of hydrogen-bond acceptors (Lipinski definition) is 6. The van der Waals surface area contributed by atoms with Gasteiger partial charge in [-0.3, -0.25) is 14.4 Å². The largest absolute Gasteiger partial charge is 0.444 e. The number of hydrogen-bond donors (Lipinski definition) is 1. The number of rotatable bonds is 4. The number of pyridine rings is 1. The van der Waals surface area contributed by atoms with Crippen LogP contribution in [0.4, 0.5) is 29.6 Å². The van der Waals surface area contributed by atoms with Gasteiger partial charge in [0, 0.05) is 55.5 Å². The molecule has 13 heteroatoms. The number of fused-ring (bicyclic) bond motifs is 1. The van der Waals surface area contributed by atoms with Crippen molar-refractivity contribution in [2.24, 2.45) is 7.05 Å². The summed E-state index contributed by atoms with van der Waals surface area (Å²) < 4.78 is 53.4. The van der Waals surface area contributed by atoms with E-state index in [1.807, 2.05) is 0 Å². The van der Waals surface area contributed by atoms with Gasteiger partial charge in [0.05, 0.1) is 16.8 Å². The molecule has 0 saturated carbocycles. The minimum atomic E-state index is -1.51. The van der Waals surface area contributed by atoms with Crippen LogP contribution in [0.5, 0.6) is 0 Å². The van der Waals surface area contributed by atoms with Crippen LogP contribution in [0.1, 0.15) is 55.6 Å². The molecule has 1 N–H and O–H groups in total. The van der Waals surface area contributed by atoms with Crippen molar-refractivity contribution in [3.63, 3.8) is 0 Å². The summed E-state index contributed by atoms with van der Waals surface area (Å²) in [5.41, 5.74) is -2.41. The molecule has 2 aromatic heterocycles. The maximum absolute atomic E-state index is 16.4. The van der Waals surface area contributed by atoms with Crippen LogP contribution in [0.15, 0.2) is 30.6 Å². The Kier molecular flexibility index (Phi) is 7.17. The molecule has 1 fully saturated rings. The quantitative estimate of drug-likeness (QED) is 0.445. The van der Waals surface area contributed by atoms with E-state index in [0.29, 0.717) is 13.0 Å². The number of aryl methyl sites for hydroxylation is 1. The summed E-state index contributed by atoms with van der Waals surface area (Å²) in [5.74, 6) is -3.55. The lowest BCUT2D eigenvalue weighted by atomic mass is 9.71.